The number of amides is 3. The van der Waals surface area contributed by atoms with Crippen molar-refractivity contribution in [2.24, 2.45) is 0 Å². The van der Waals surface area contributed by atoms with Gasteiger partial charge in [-0.05, 0) is 36.2 Å². The quantitative estimate of drug-likeness (QED) is 0.702. The Labute approximate surface area is 180 Å². The Kier molecular flexibility index (Phi) is 6.26. The molecule has 0 bridgehead atoms. The van der Waals surface area contributed by atoms with Gasteiger partial charge in [0.1, 0.15) is 5.82 Å². The highest BCUT2D eigenvalue weighted by molar-refractivity contribution is 5.94. The predicted octanol–water partition coefficient (Wildman–Crippen LogP) is 3.45. The van der Waals surface area contributed by atoms with Gasteiger partial charge in [-0.15, -0.1) is 0 Å². The minimum Gasteiger partial charge on any atom is -0.337 e. The molecule has 3 amide bonds. The van der Waals surface area contributed by atoms with Crippen molar-refractivity contribution >= 4 is 17.8 Å². The van der Waals surface area contributed by atoms with Crippen molar-refractivity contribution in [3.8, 4) is 0 Å². The number of hydrogen-bond acceptors (Lipinski definition) is 3. The summed E-state index contributed by atoms with van der Waals surface area (Å²) in [4.78, 5) is 28.7. The van der Waals surface area contributed by atoms with Crippen LogP contribution >= 0.6 is 0 Å². The Morgan fingerprint density at radius 3 is 2.39 bits per heavy atom. The highest BCUT2D eigenvalue weighted by Gasteiger charge is 2.23. The van der Waals surface area contributed by atoms with Crippen molar-refractivity contribution in [3.63, 3.8) is 0 Å². The van der Waals surface area contributed by atoms with Gasteiger partial charge < -0.3 is 9.80 Å². The van der Waals surface area contributed by atoms with Crippen molar-refractivity contribution in [3.05, 3.63) is 83.8 Å². The molecule has 1 fully saturated rings. The molecule has 160 valence electrons. The zero-order valence-electron chi connectivity index (χ0n) is 17.1. The van der Waals surface area contributed by atoms with E-state index in [0.29, 0.717) is 50.5 Å². The number of urea groups is 1. The molecule has 2 heterocycles. The van der Waals surface area contributed by atoms with Gasteiger partial charge in [0.2, 0.25) is 0 Å². The molecule has 4 rings (SSSR count). The van der Waals surface area contributed by atoms with E-state index >= 15 is 0 Å². The molecule has 0 spiro atoms. The summed E-state index contributed by atoms with van der Waals surface area (Å²) in [5.41, 5.74) is 1.57. The van der Waals surface area contributed by atoms with Crippen molar-refractivity contribution in [2.75, 3.05) is 31.5 Å². The van der Waals surface area contributed by atoms with E-state index in [1.807, 2.05) is 36.5 Å². The zero-order chi connectivity index (χ0) is 21.6. The average molecular weight is 421 g/mol. The van der Waals surface area contributed by atoms with Gasteiger partial charge in [0.05, 0.1) is 6.54 Å². The first-order valence-electron chi connectivity index (χ1n) is 10.3. The van der Waals surface area contributed by atoms with Crippen LogP contribution in [0.25, 0.3) is 0 Å². The van der Waals surface area contributed by atoms with Crippen molar-refractivity contribution in [1.29, 1.82) is 0 Å². The first kappa shape index (κ1) is 20.6. The number of carbonyl (C=O) groups excluding carboxylic acids is 2. The van der Waals surface area contributed by atoms with Crippen LogP contribution in [-0.2, 0) is 6.54 Å². The van der Waals surface area contributed by atoms with E-state index in [9.17, 15) is 14.0 Å². The van der Waals surface area contributed by atoms with Crippen molar-refractivity contribution in [2.45, 2.75) is 13.0 Å². The van der Waals surface area contributed by atoms with E-state index in [1.165, 1.54) is 24.3 Å². The molecule has 31 heavy (non-hydrogen) atoms. The molecule has 0 aliphatic carbocycles. The van der Waals surface area contributed by atoms with Gasteiger partial charge in [-0.25, -0.2) is 9.18 Å². The number of nitrogens with zero attached hydrogens (tertiary/aromatic N) is 4. The monoisotopic (exact) mass is 421 g/mol. The number of benzene rings is 2. The van der Waals surface area contributed by atoms with Gasteiger partial charge >= 0.3 is 6.03 Å². The molecule has 0 atom stereocenters. The third kappa shape index (κ3) is 5.28. The largest absolute Gasteiger partial charge is 0.337 e. The molecule has 1 aromatic heterocycles. The molecule has 2 aromatic carbocycles. The topological polar surface area (TPSA) is 70.5 Å². The molecule has 0 radical (unpaired) electrons. The number of hydrogen-bond donors (Lipinski definition) is 1. The molecular formula is C23H24FN5O2. The second-order valence-corrected chi connectivity index (χ2v) is 7.45. The fraction of sp³-hybridized carbons (Fsp3) is 0.261. The fourth-order valence-electron chi connectivity index (χ4n) is 3.57. The van der Waals surface area contributed by atoms with Gasteiger partial charge in [-0.1, -0.05) is 30.3 Å². The Bertz CT molecular complexity index is 1040. The first-order valence-corrected chi connectivity index (χ1v) is 10.3. The molecule has 8 heteroatoms. The van der Waals surface area contributed by atoms with E-state index < -0.39 is 0 Å². The Morgan fingerprint density at radius 1 is 0.903 bits per heavy atom. The zero-order valence-corrected chi connectivity index (χ0v) is 17.1. The number of aromatic nitrogens is 2. The number of carbonyl (C=O) groups is 2. The standard InChI is InChI=1S/C23H24FN5O2/c24-20-9-7-19(8-10-20)22(30)27-12-4-13-28(16-15-27)23(31)25-21-11-14-29(26-21)17-18-5-2-1-3-6-18/h1-3,5-11,14H,4,12-13,15-17H2,(H,25,26,31). The van der Waals surface area contributed by atoms with Crippen LogP contribution in [-0.4, -0.2) is 57.7 Å². The molecule has 3 aromatic rings. The van der Waals surface area contributed by atoms with Crippen LogP contribution < -0.4 is 5.32 Å². The number of halogens is 1. The molecule has 1 aliphatic heterocycles. The van der Waals surface area contributed by atoms with E-state index in [2.05, 4.69) is 10.4 Å². The van der Waals surface area contributed by atoms with Crippen LogP contribution in [0.5, 0.6) is 0 Å². The van der Waals surface area contributed by atoms with Gasteiger partial charge in [-0.2, -0.15) is 5.10 Å². The highest BCUT2D eigenvalue weighted by Crippen LogP contribution is 2.12. The molecule has 1 saturated heterocycles. The van der Waals surface area contributed by atoms with E-state index in [1.54, 1.807) is 20.5 Å². The third-order valence-electron chi connectivity index (χ3n) is 5.22. The van der Waals surface area contributed by atoms with Crippen LogP contribution in [0.1, 0.15) is 22.3 Å². The van der Waals surface area contributed by atoms with Crippen molar-refractivity contribution < 1.29 is 14.0 Å². The summed E-state index contributed by atoms with van der Waals surface area (Å²) in [6, 6.07) is 17.0. The summed E-state index contributed by atoms with van der Waals surface area (Å²) in [5, 5.41) is 7.25. The fourth-order valence-corrected chi connectivity index (χ4v) is 3.57. The summed E-state index contributed by atoms with van der Waals surface area (Å²) < 4.78 is 14.9. The van der Waals surface area contributed by atoms with E-state index in [-0.39, 0.29) is 17.8 Å². The summed E-state index contributed by atoms with van der Waals surface area (Å²) in [6.07, 6.45) is 2.50. The lowest BCUT2D eigenvalue weighted by Crippen LogP contribution is -2.39. The molecule has 1 N–H and O–H groups in total. The number of rotatable bonds is 4. The van der Waals surface area contributed by atoms with Crippen LogP contribution in [0, 0.1) is 5.82 Å². The van der Waals surface area contributed by atoms with E-state index in [4.69, 9.17) is 0 Å². The predicted molar refractivity (Wildman–Crippen MR) is 115 cm³/mol. The highest BCUT2D eigenvalue weighted by atomic mass is 19.1. The molecular weight excluding hydrogens is 397 g/mol. The van der Waals surface area contributed by atoms with Gasteiger partial charge in [-0.3, -0.25) is 14.8 Å². The second kappa shape index (κ2) is 9.42. The average Bonchev–Trinajstić information content (AvgIpc) is 3.06. The maximum absolute atomic E-state index is 13.1. The Hall–Kier alpha value is -3.68. The SMILES string of the molecule is O=C(Nc1ccn(Cc2ccccc2)n1)N1CCCN(C(=O)c2ccc(F)cc2)CC1. The number of nitrogens with one attached hydrogen (secondary N) is 1. The normalized spacial score (nSPS) is 14.2. The summed E-state index contributed by atoms with van der Waals surface area (Å²) in [7, 11) is 0. The van der Waals surface area contributed by atoms with Crippen LogP contribution in [0.2, 0.25) is 0 Å². The number of anilines is 1. The minimum absolute atomic E-state index is 0.151. The lowest BCUT2D eigenvalue weighted by molar-refractivity contribution is 0.0762. The molecule has 0 unspecified atom stereocenters. The summed E-state index contributed by atoms with van der Waals surface area (Å²) >= 11 is 0. The summed E-state index contributed by atoms with van der Waals surface area (Å²) in [5.74, 6) is -0.0344. The second-order valence-electron chi connectivity index (χ2n) is 7.45. The maximum atomic E-state index is 13.1. The molecule has 1 aliphatic rings. The van der Waals surface area contributed by atoms with Crippen LogP contribution in [0.4, 0.5) is 15.0 Å². The lowest BCUT2D eigenvalue weighted by atomic mass is 10.2. The Morgan fingerprint density at radius 2 is 1.61 bits per heavy atom. The van der Waals surface area contributed by atoms with Crippen LogP contribution in [0.15, 0.2) is 66.9 Å². The smallest absolute Gasteiger partial charge is 0.323 e. The maximum Gasteiger partial charge on any atom is 0.323 e. The van der Waals surface area contributed by atoms with Gasteiger partial charge in [0.25, 0.3) is 5.91 Å². The molecule has 0 saturated carbocycles. The van der Waals surface area contributed by atoms with Gasteiger partial charge in [0, 0.05) is 44.0 Å². The summed E-state index contributed by atoms with van der Waals surface area (Å²) in [6.45, 7) is 2.56. The van der Waals surface area contributed by atoms with E-state index in [0.717, 1.165) is 5.56 Å². The lowest BCUT2D eigenvalue weighted by Gasteiger charge is -2.22. The van der Waals surface area contributed by atoms with Crippen LogP contribution in [0.3, 0.4) is 0 Å². The Balaban J connectivity index is 1.31. The molecule has 7 nitrogen and oxygen atoms in total. The third-order valence-corrected chi connectivity index (χ3v) is 5.22. The first-order chi connectivity index (χ1) is 15.1. The minimum atomic E-state index is -0.374. The van der Waals surface area contributed by atoms with Gasteiger partial charge in [0.15, 0.2) is 5.82 Å². The van der Waals surface area contributed by atoms with Crippen molar-refractivity contribution in [1.82, 2.24) is 19.6 Å².